The number of ether oxygens (including phenoxy) is 1. The molecule has 130 valence electrons. The molecule has 2 aliphatic heterocycles. The van der Waals surface area contributed by atoms with Gasteiger partial charge in [0.25, 0.3) is 0 Å². The number of hydrogen-bond acceptors (Lipinski definition) is 2. The van der Waals surface area contributed by atoms with E-state index in [1.54, 1.807) is 0 Å². The van der Waals surface area contributed by atoms with Crippen molar-refractivity contribution < 1.29 is 4.74 Å². The molecule has 2 heteroatoms. The van der Waals surface area contributed by atoms with E-state index in [1.165, 1.54) is 36.0 Å². The van der Waals surface area contributed by atoms with Gasteiger partial charge in [0.2, 0.25) is 0 Å². The van der Waals surface area contributed by atoms with E-state index in [-0.39, 0.29) is 0 Å². The number of benzene rings is 2. The van der Waals surface area contributed by atoms with Gasteiger partial charge in [-0.3, -0.25) is 4.90 Å². The Balaban J connectivity index is 1.57. The lowest BCUT2D eigenvalue weighted by atomic mass is 9.82. The second kappa shape index (κ2) is 7.45. The van der Waals surface area contributed by atoms with Crippen LogP contribution in [0.25, 0.3) is 5.57 Å². The van der Waals surface area contributed by atoms with E-state index in [0.29, 0.717) is 12.1 Å². The molecule has 2 aliphatic rings. The van der Waals surface area contributed by atoms with Gasteiger partial charge >= 0.3 is 0 Å². The second-order valence-electron chi connectivity index (χ2n) is 7.17. The molecule has 2 unspecified atom stereocenters. The Hall–Kier alpha value is -2.06. The normalized spacial score (nSPS) is 23.2. The zero-order chi connectivity index (χ0) is 17.1. The van der Waals surface area contributed by atoms with E-state index in [1.807, 2.05) is 6.92 Å². The lowest BCUT2D eigenvalue weighted by Crippen LogP contribution is -2.47. The third kappa shape index (κ3) is 3.64. The Morgan fingerprint density at radius 1 is 1.04 bits per heavy atom. The van der Waals surface area contributed by atoms with Crippen molar-refractivity contribution in [3.05, 3.63) is 71.8 Å². The van der Waals surface area contributed by atoms with Crippen LogP contribution in [0.5, 0.6) is 5.75 Å². The molecule has 2 nitrogen and oxygen atoms in total. The molecule has 0 spiro atoms. The van der Waals surface area contributed by atoms with Crippen LogP contribution in [0.2, 0.25) is 0 Å². The van der Waals surface area contributed by atoms with E-state index < -0.39 is 0 Å². The van der Waals surface area contributed by atoms with Gasteiger partial charge in [0, 0.05) is 18.6 Å². The molecular weight excluding hydrogens is 306 g/mol. The molecule has 0 saturated carbocycles. The summed E-state index contributed by atoms with van der Waals surface area (Å²) in [6, 6.07) is 20.7. The van der Waals surface area contributed by atoms with Gasteiger partial charge in [0.15, 0.2) is 0 Å². The molecule has 0 amide bonds. The van der Waals surface area contributed by atoms with Crippen molar-refractivity contribution in [2.24, 2.45) is 0 Å². The van der Waals surface area contributed by atoms with Crippen LogP contribution in [-0.4, -0.2) is 23.6 Å². The lowest BCUT2D eigenvalue weighted by molar-refractivity contribution is 0.0951. The van der Waals surface area contributed by atoms with Crippen molar-refractivity contribution in [2.75, 3.05) is 6.61 Å². The van der Waals surface area contributed by atoms with Crippen molar-refractivity contribution >= 4 is 5.57 Å². The van der Waals surface area contributed by atoms with Gasteiger partial charge in [-0.1, -0.05) is 55.0 Å². The number of hydrogen-bond donors (Lipinski definition) is 0. The van der Waals surface area contributed by atoms with Gasteiger partial charge < -0.3 is 4.74 Å². The molecule has 0 aliphatic carbocycles. The highest BCUT2D eigenvalue weighted by atomic mass is 16.5. The molecule has 0 aromatic heterocycles. The topological polar surface area (TPSA) is 12.5 Å². The minimum atomic E-state index is 0.568. The predicted octanol–water partition coefficient (Wildman–Crippen LogP) is 5.30. The van der Waals surface area contributed by atoms with Gasteiger partial charge in [0.05, 0.1) is 6.61 Å². The molecular formula is C23H27NO. The number of fused-ring (bicyclic) bond motifs is 2. The van der Waals surface area contributed by atoms with Crippen LogP contribution in [0.15, 0.2) is 60.7 Å². The largest absolute Gasteiger partial charge is 0.494 e. The van der Waals surface area contributed by atoms with E-state index in [4.69, 9.17) is 4.74 Å². The Labute approximate surface area is 151 Å². The maximum atomic E-state index is 5.69. The molecule has 1 fully saturated rings. The Morgan fingerprint density at radius 3 is 2.72 bits per heavy atom. The fraction of sp³-hybridized carbons (Fsp3) is 0.391. The average Bonchev–Trinajstić information content (AvgIpc) is 2.63. The van der Waals surface area contributed by atoms with Crippen molar-refractivity contribution in [3.8, 4) is 5.75 Å². The highest BCUT2D eigenvalue weighted by molar-refractivity contribution is 5.68. The molecule has 2 atom stereocenters. The fourth-order valence-electron chi connectivity index (χ4n) is 4.32. The summed E-state index contributed by atoms with van der Waals surface area (Å²) in [5.74, 6) is 0.984. The van der Waals surface area contributed by atoms with Gasteiger partial charge in [0.1, 0.15) is 5.75 Å². The van der Waals surface area contributed by atoms with Gasteiger partial charge in [-0.15, -0.1) is 0 Å². The molecule has 4 rings (SSSR count). The summed E-state index contributed by atoms with van der Waals surface area (Å²) >= 11 is 0. The summed E-state index contributed by atoms with van der Waals surface area (Å²) in [5, 5.41) is 0. The van der Waals surface area contributed by atoms with Crippen LogP contribution in [0.1, 0.15) is 43.7 Å². The number of rotatable bonds is 5. The summed E-state index contributed by atoms with van der Waals surface area (Å²) in [6.45, 7) is 3.83. The first-order valence-electron chi connectivity index (χ1n) is 9.57. The third-order valence-corrected chi connectivity index (χ3v) is 5.51. The van der Waals surface area contributed by atoms with Crippen molar-refractivity contribution in [1.82, 2.24) is 4.90 Å². The summed E-state index contributed by atoms with van der Waals surface area (Å²) in [5.41, 5.74) is 4.26. The second-order valence-corrected chi connectivity index (χ2v) is 7.17. The minimum absolute atomic E-state index is 0.568. The highest BCUT2D eigenvalue weighted by Gasteiger charge is 2.34. The molecule has 0 N–H and O–H groups in total. The molecule has 2 aromatic carbocycles. The zero-order valence-corrected chi connectivity index (χ0v) is 15.0. The van der Waals surface area contributed by atoms with Crippen molar-refractivity contribution in [2.45, 2.75) is 51.2 Å². The summed E-state index contributed by atoms with van der Waals surface area (Å²) in [6.07, 6.45) is 7.61. The SMILES string of the molecule is CCOc1cccc(C2=CC3CCCC(C2)N3Cc2ccccc2)c1. The average molecular weight is 333 g/mol. The van der Waals surface area contributed by atoms with Crippen LogP contribution < -0.4 is 4.74 Å². The van der Waals surface area contributed by atoms with Crippen LogP contribution in [-0.2, 0) is 6.54 Å². The van der Waals surface area contributed by atoms with Crippen LogP contribution in [0.4, 0.5) is 0 Å². The van der Waals surface area contributed by atoms with Crippen LogP contribution >= 0.6 is 0 Å². The molecule has 1 saturated heterocycles. The van der Waals surface area contributed by atoms with Gasteiger partial charge in [-0.2, -0.15) is 0 Å². The summed E-state index contributed by atoms with van der Waals surface area (Å²) < 4.78 is 5.69. The molecule has 2 heterocycles. The van der Waals surface area contributed by atoms with Crippen LogP contribution in [0.3, 0.4) is 0 Å². The first kappa shape index (κ1) is 16.4. The predicted molar refractivity (Wildman–Crippen MR) is 104 cm³/mol. The number of nitrogens with zero attached hydrogens (tertiary/aromatic N) is 1. The monoisotopic (exact) mass is 333 g/mol. The molecule has 25 heavy (non-hydrogen) atoms. The zero-order valence-electron chi connectivity index (χ0n) is 15.0. The number of piperidine rings is 1. The first-order valence-corrected chi connectivity index (χ1v) is 9.57. The molecule has 2 aromatic rings. The third-order valence-electron chi connectivity index (χ3n) is 5.51. The van der Waals surface area contributed by atoms with Gasteiger partial charge in [-0.05, 0) is 55.0 Å². The lowest BCUT2D eigenvalue weighted by Gasteiger charge is -2.45. The van der Waals surface area contributed by atoms with E-state index in [0.717, 1.165) is 25.3 Å². The quantitative estimate of drug-likeness (QED) is 0.736. The minimum Gasteiger partial charge on any atom is -0.494 e. The van der Waals surface area contributed by atoms with E-state index in [2.05, 4.69) is 65.6 Å². The first-order chi connectivity index (χ1) is 12.3. The van der Waals surface area contributed by atoms with Gasteiger partial charge in [-0.25, -0.2) is 0 Å². The highest BCUT2D eigenvalue weighted by Crippen LogP contribution is 2.38. The Morgan fingerprint density at radius 2 is 1.92 bits per heavy atom. The van der Waals surface area contributed by atoms with Crippen molar-refractivity contribution in [1.29, 1.82) is 0 Å². The maximum absolute atomic E-state index is 5.69. The standard InChI is InChI=1S/C23H27NO/c1-2-25-23-13-6-10-19(16-23)20-14-21-11-7-12-22(15-20)24(21)17-18-8-4-3-5-9-18/h3-6,8-10,13-14,16,21-22H,2,7,11-12,15,17H2,1H3. The van der Waals surface area contributed by atoms with E-state index in [9.17, 15) is 0 Å². The summed E-state index contributed by atoms with van der Waals surface area (Å²) in [4.78, 5) is 2.72. The van der Waals surface area contributed by atoms with Crippen LogP contribution in [0, 0.1) is 0 Å². The molecule has 0 radical (unpaired) electrons. The maximum Gasteiger partial charge on any atom is 0.119 e. The fourth-order valence-corrected chi connectivity index (χ4v) is 4.32. The Bertz CT molecular complexity index is 737. The summed E-state index contributed by atoms with van der Waals surface area (Å²) in [7, 11) is 0. The van der Waals surface area contributed by atoms with Crippen molar-refractivity contribution in [3.63, 3.8) is 0 Å². The Kier molecular flexibility index (Phi) is 4.89. The molecule has 2 bridgehead atoms. The smallest absolute Gasteiger partial charge is 0.119 e. The van der Waals surface area contributed by atoms with E-state index >= 15 is 0 Å².